The molecule has 4 nitrogen and oxygen atoms in total. The third-order valence-electron chi connectivity index (χ3n) is 1.81. The molecule has 0 bridgehead atoms. The number of ether oxygens (including phenoxy) is 1. The molecule has 0 N–H and O–H groups in total. The van der Waals surface area contributed by atoms with Crippen molar-refractivity contribution < 1.29 is 13.9 Å². The van der Waals surface area contributed by atoms with Gasteiger partial charge in [-0.25, -0.2) is 4.79 Å². The van der Waals surface area contributed by atoms with Gasteiger partial charge < -0.3 is 9.15 Å². The summed E-state index contributed by atoms with van der Waals surface area (Å²) in [7, 11) is 0. The summed E-state index contributed by atoms with van der Waals surface area (Å²) < 4.78 is 9.95. The van der Waals surface area contributed by atoms with Crippen molar-refractivity contribution >= 4 is 17.1 Å². The van der Waals surface area contributed by atoms with Gasteiger partial charge in [-0.15, -0.1) is 0 Å². The van der Waals surface area contributed by atoms with Gasteiger partial charge in [0, 0.05) is 12.3 Å². The summed E-state index contributed by atoms with van der Waals surface area (Å²) in [6.45, 7) is 2.12. The second-order valence-electron chi connectivity index (χ2n) is 2.75. The molecule has 2 aromatic heterocycles. The van der Waals surface area contributed by atoms with E-state index in [0.717, 1.165) is 5.52 Å². The Labute approximate surface area is 80.5 Å². The van der Waals surface area contributed by atoms with Crippen LogP contribution < -0.4 is 0 Å². The van der Waals surface area contributed by atoms with Gasteiger partial charge in [0.05, 0.1) is 18.4 Å². The van der Waals surface area contributed by atoms with Gasteiger partial charge in [-0.1, -0.05) is 0 Å². The van der Waals surface area contributed by atoms with Crippen molar-refractivity contribution in [3.8, 4) is 0 Å². The molecule has 0 amide bonds. The van der Waals surface area contributed by atoms with Gasteiger partial charge in [0.25, 0.3) is 0 Å². The minimum atomic E-state index is -0.377. The Hall–Kier alpha value is -1.84. The maximum Gasteiger partial charge on any atom is 0.339 e. The summed E-state index contributed by atoms with van der Waals surface area (Å²) in [5.74, 6) is -0.377. The first kappa shape index (κ1) is 8.74. The van der Waals surface area contributed by atoms with Crippen LogP contribution in [0.3, 0.4) is 0 Å². The fourth-order valence-electron chi connectivity index (χ4n) is 1.17. The van der Waals surface area contributed by atoms with E-state index in [1.54, 1.807) is 19.1 Å². The lowest BCUT2D eigenvalue weighted by molar-refractivity contribution is 0.0526. The van der Waals surface area contributed by atoms with E-state index in [2.05, 4.69) is 4.98 Å². The first-order chi connectivity index (χ1) is 6.81. The van der Waals surface area contributed by atoms with Crippen LogP contribution in [0.1, 0.15) is 17.3 Å². The molecule has 0 atom stereocenters. The highest BCUT2D eigenvalue weighted by molar-refractivity contribution is 5.92. The molecule has 2 aromatic rings. The number of pyridine rings is 1. The molecule has 0 fully saturated rings. The van der Waals surface area contributed by atoms with E-state index >= 15 is 0 Å². The summed E-state index contributed by atoms with van der Waals surface area (Å²) in [4.78, 5) is 15.4. The Morgan fingerprint density at radius 2 is 2.50 bits per heavy atom. The van der Waals surface area contributed by atoms with E-state index < -0.39 is 0 Å². The van der Waals surface area contributed by atoms with Crippen molar-refractivity contribution in [2.24, 2.45) is 0 Å². The van der Waals surface area contributed by atoms with Crippen LogP contribution in [0.4, 0.5) is 0 Å². The van der Waals surface area contributed by atoms with Gasteiger partial charge in [0.15, 0.2) is 5.58 Å². The largest absolute Gasteiger partial charge is 0.463 e. The molecule has 2 rings (SSSR count). The number of hydrogen-bond donors (Lipinski definition) is 0. The molecule has 72 valence electrons. The van der Waals surface area contributed by atoms with Crippen molar-refractivity contribution in [3.63, 3.8) is 0 Å². The number of nitrogens with zero attached hydrogens (tertiary/aromatic N) is 1. The quantitative estimate of drug-likeness (QED) is 0.681. The molecule has 14 heavy (non-hydrogen) atoms. The number of fused-ring (bicyclic) bond motifs is 1. The molecule has 0 aromatic carbocycles. The Bertz CT molecular complexity index is 461. The highest BCUT2D eigenvalue weighted by Gasteiger charge is 2.08. The second-order valence-corrected chi connectivity index (χ2v) is 2.75. The summed E-state index contributed by atoms with van der Waals surface area (Å²) in [6.07, 6.45) is 3.02. The van der Waals surface area contributed by atoms with Crippen molar-refractivity contribution in [2.75, 3.05) is 6.61 Å². The van der Waals surface area contributed by atoms with Crippen LogP contribution in [0.25, 0.3) is 11.1 Å². The van der Waals surface area contributed by atoms with Gasteiger partial charge in [-0.05, 0) is 13.0 Å². The van der Waals surface area contributed by atoms with Gasteiger partial charge >= 0.3 is 5.97 Å². The highest BCUT2D eigenvalue weighted by Crippen LogP contribution is 2.14. The average Bonchev–Trinajstić information content (AvgIpc) is 2.64. The smallest absolute Gasteiger partial charge is 0.339 e. The van der Waals surface area contributed by atoms with Crippen LogP contribution in [-0.4, -0.2) is 17.6 Å². The van der Waals surface area contributed by atoms with Crippen LogP contribution in [0.5, 0.6) is 0 Å². The van der Waals surface area contributed by atoms with E-state index in [9.17, 15) is 4.79 Å². The summed E-state index contributed by atoms with van der Waals surface area (Å²) in [5.41, 5.74) is 1.74. The van der Waals surface area contributed by atoms with Crippen molar-refractivity contribution in [1.82, 2.24) is 4.98 Å². The van der Waals surface area contributed by atoms with Crippen molar-refractivity contribution in [1.29, 1.82) is 0 Å². The van der Waals surface area contributed by atoms with Gasteiger partial charge in [-0.3, -0.25) is 4.98 Å². The maximum absolute atomic E-state index is 11.3. The minimum Gasteiger partial charge on any atom is -0.463 e. The lowest BCUT2D eigenvalue weighted by Gasteiger charge is -1.99. The van der Waals surface area contributed by atoms with Gasteiger partial charge in [0.1, 0.15) is 5.52 Å². The third kappa shape index (κ3) is 1.46. The average molecular weight is 191 g/mol. The number of aromatic nitrogens is 1. The monoisotopic (exact) mass is 191 g/mol. The van der Waals surface area contributed by atoms with Crippen LogP contribution in [0, 0.1) is 0 Å². The molecular formula is C10H9NO3. The fourth-order valence-corrected chi connectivity index (χ4v) is 1.17. The topological polar surface area (TPSA) is 52.3 Å². The molecule has 0 unspecified atom stereocenters. The van der Waals surface area contributed by atoms with Crippen LogP contribution >= 0.6 is 0 Å². The van der Waals surface area contributed by atoms with E-state index in [1.165, 1.54) is 12.5 Å². The number of esters is 1. The summed E-state index contributed by atoms with van der Waals surface area (Å²) in [6, 6.07) is 3.37. The predicted molar refractivity (Wildman–Crippen MR) is 50.0 cm³/mol. The molecule has 4 heteroatoms. The normalized spacial score (nSPS) is 10.4. The number of rotatable bonds is 2. The predicted octanol–water partition coefficient (Wildman–Crippen LogP) is 2.00. The maximum atomic E-state index is 11.3. The lowest BCUT2D eigenvalue weighted by atomic mass is 10.2. The zero-order chi connectivity index (χ0) is 9.97. The zero-order valence-electron chi connectivity index (χ0n) is 7.69. The van der Waals surface area contributed by atoms with Crippen molar-refractivity contribution in [2.45, 2.75) is 6.92 Å². The standard InChI is InChI=1S/C10H9NO3/c1-2-13-10(12)7-5-9-8(11-6-7)3-4-14-9/h3-6H,2H2,1H3. The first-order valence-electron chi connectivity index (χ1n) is 4.31. The Balaban J connectivity index is 2.38. The van der Waals surface area contributed by atoms with E-state index in [1.807, 2.05) is 0 Å². The van der Waals surface area contributed by atoms with E-state index in [4.69, 9.17) is 9.15 Å². The van der Waals surface area contributed by atoms with E-state index in [0.29, 0.717) is 17.8 Å². The third-order valence-corrected chi connectivity index (χ3v) is 1.81. The molecular weight excluding hydrogens is 182 g/mol. The van der Waals surface area contributed by atoms with Crippen LogP contribution in [-0.2, 0) is 4.74 Å². The van der Waals surface area contributed by atoms with Crippen LogP contribution in [0.15, 0.2) is 29.0 Å². The molecule has 2 heterocycles. The second kappa shape index (κ2) is 3.49. The van der Waals surface area contributed by atoms with Crippen molar-refractivity contribution in [3.05, 3.63) is 30.2 Å². The Morgan fingerprint density at radius 1 is 1.64 bits per heavy atom. The van der Waals surface area contributed by atoms with Gasteiger partial charge in [-0.2, -0.15) is 0 Å². The number of carbonyl (C=O) groups is 1. The van der Waals surface area contributed by atoms with Gasteiger partial charge in [0.2, 0.25) is 0 Å². The molecule has 0 saturated carbocycles. The van der Waals surface area contributed by atoms with Crippen LogP contribution in [0.2, 0.25) is 0 Å². The molecule has 0 aliphatic carbocycles. The Morgan fingerprint density at radius 3 is 3.29 bits per heavy atom. The Kier molecular flexibility index (Phi) is 2.18. The molecule has 0 radical (unpaired) electrons. The molecule has 0 saturated heterocycles. The van der Waals surface area contributed by atoms with E-state index in [-0.39, 0.29) is 5.97 Å². The molecule has 0 aliphatic rings. The number of furan rings is 1. The minimum absolute atomic E-state index is 0.356. The summed E-state index contributed by atoms with van der Waals surface area (Å²) in [5, 5.41) is 0. The highest BCUT2D eigenvalue weighted by atomic mass is 16.5. The SMILES string of the molecule is CCOC(=O)c1cnc2ccoc2c1. The fraction of sp³-hybridized carbons (Fsp3) is 0.200. The summed E-state index contributed by atoms with van der Waals surface area (Å²) >= 11 is 0. The zero-order valence-corrected chi connectivity index (χ0v) is 7.69. The molecule has 0 aliphatic heterocycles. The number of hydrogen-bond acceptors (Lipinski definition) is 4. The lowest BCUT2D eigenvalue weighted by Crippen LogP contribution is -2.04. The first-order valence-corrected chi connectivity index (χ1v) is 4.31. The molecule has 0 spiro atoms. The number of carbonyl (C=O) groups excluding carboxylic acids is 1.